The van der Waals surface area contributed by atoms with Gasteiger partial charge in [-0.3, -0.25) is 4.79 Å². The summed E-state index contributed by atoms with van der Waals surface area (Å²) in [6.45, 7) is 4.20. The van der Waals surface area contributed by atoms with Crippen LogP contribution in [0.1, 0.15) is 39.0 Å². The van der Waals surface area contributed by atoms with Gasteiger partial charge in [-0.1, -0.05) is 6.92 Å². The molecule has 1 amide bonds. The Morgan fingerprint density at radius 3 is 2.43 bits per heavy atom. The first-order chi connectivity index (χ1) is 11.2. The zero-order valence-corrected chi connectivity index (χ0v) is 14.3. The van der Waals surface area contributed by atoms with Crippen LogP contribution in [-0.4, -0.2) is 32.1 Å². The van der Waals surface area contributed by atoms with Crippen LogP contribution >= 0.6 is 0 Å². The smallest absolute Gasteiger partial charge is 0.220 e. The summed E-state index contributed by atoms with van der Waals surface area (Å²) < 4.78 is 5.20. The number of anilines is 1. The summed E-state index contributed by atoms with van der Waals surface area (Å²) >= 11 is 0. The Bertz CT molecular complexity index is 517. The molecule has 1 N–H and O–H groups in total. The van der Waals surface area contributed by atoms with Crippen LogP contribution in [0.5, 0.6) is 5.75 Å². The Morgan fingerprint density at radius 1 is 1.22 bits per heavy atom. The van der Waals surface area contributed by atoms with Crippen molar-refractivity contribution < 1.29 is 9.53 Å². The molecule has 1 aliphatic carbocycles. The fourth-order valence-corrected chi connectivity index (χ4v) is 3.49. The molecule has 1 heterocycles. The van der Waals surface area contributed by atoms with Crippen LogP contribution in [0.2, 0.25) is 0 Å². The highest BCUT2D eigenvalue weighted by molar-refractivity contribution is 5.76. The molecule has 2 fully saturated rings. The summed E-state index contributed by atoms with van der Waals surface area (Å²) in [5, 5.41) is 3.24. The number of ether oxygens (including phenoxy) is 1. The van der Waals surface area contributed by atoms with Gasteiger partial charge in [0, 0.05) is 31.2 Å². The van der Waals surface area contributed by atoms with Crippen LogP contribution in [0.15, 0.2) is 24.3 Å². The zero-order chi connectivity index (χ0) is 16.2. The van der Waals surface area contributed by atoms with Crippen LogP contribution < -0.4 is 15.0 Å². The van der Waals surface area contributed by atoms with Crippen molar-refractivity contribution >= 4 is 11.6 Å². The molecule has 3 rings (SSSR count). The highest BCUT2D eigenvalue weighted by Crippen LogP contribution is 2.38. The number of hydrogen-bond acceptors (Lipinski definition) is 3. The first-order valence-electron chi connectivity index (χ1n) is 8.84. The number of rotatable bonds is 6. The molecular weight excluding hydrogens is 288 g/mol. The molecule has 4 nitrogen and oxygen atoms in total. The van der Waals surface area contributed by atoms with Crippen molar-refractivity contribution in [3.63, 3.8) is 0 Å². The van der Waals surface area contributed by atoms with Crippen LogP contribution in [0.3, 0.4) is 0 Å². The maximum atomic E-state index is 12.1. The van der Waals surface area contributed by atoms with Crippen molar-refractivity contribution in [2.24, 2.45) is 11.8 Å². The van der Waals surface area contributed by atoms with E-state index >= 15 is 0 Å². The van der Waals surface area contributed by atoms with Crippen LogP contribution in [-0.2, 0) is 4.79 Å². The fourth-order valence-electron chi connectivity index (χ4n) is 3.49. The number of methoxy groups -OCH3 is 1. The van der Waals surface area contributed by atoms with Crippen LogP contribution in [0, 0.1) is 11.8 Å². The Hall–Kier alpha value is -1.71. The predicted molar refractivity (Wildman–Crippen MR) is 92.9 cm³/mol. The average molecular weight is 316 g/mol. The monoisotopic (exact) mass is 316 g/mol. The second-order valence-corrected chi connectivity index (χ2v) is 7.05. The Balaban J connectivity index is 1.43. The number of benzene rings is 1. The number of hydrogen-bond donors (Lipinski definition) is 1. The van der Waals surface area contributed by atoms with E-state index in [-0.39, 0.29) is 5.91 Å². The van der Waals surface area contributed by atoms with Gasteiger partial charge in [-0.2, -0.15) is 0 Å². The van der Waals surface area contributed by atoms with E-state index < -0.39 is 0 Å². The highest BCUT2D eigenvalue weighted by Gasteiger charge is 2.30. The fraction of sp³-hybridized carbons (Fsp3) is 0.632. The lowest BCUT2D eigenvalue weighted by Crippen LogP contribution is -2.45. The number of nitrogens with zero attached hydrogens (tertiary/aromatic N) is 1. The standard InChI is InChI=1S/C19H28N2O2/c1-14(15-3-4-15)13-19(22)20-16-9-11-21(12-10-16)17-5-7-18(23-2)8-6-17/h5-8,14-16H,3-4,9-13H2,1-2H3,(H,20,22). The van der Waals surface area contributed by atoms with E-state index in [9.17, 15) is 4.79 Å². The molecule has 2 aliphatic rings. The minimum absolute atomic E-state index is 0.243. The van der Waals surface area contributed by atoms with Gasteiger partial charge < -0.3 is 15.0 Å². The van der Waals surface area contributed by atoms with Gasteiger partial charge in [-0.25, -0.2) is 0 Å². The van der Waals surface area contributed by atoms with E-state index in [0.29, 0.717) is 18.4 Å². The maximum absolute atomic E-state index is 12.1. The highest BCUT2D eigenvalue weighted by atomic mass is 16.5. The normalized spacial score (nSPS) is 20.2. The molecule has 23 heavy (non-hydrogen) atoms. The molecule has 1 saturated carbocycles. The molecular formula is C19H28N2O2. The largest absolute Gasteiger partial charge is 0.497 e. The Labute approximate surface area is 139 Å². The SMILES string of the molecule is COc1ccc(N2CCC(NC(=O)CC(C)C3CC3)CC2)cc1. The number of carbonyl (C=O) groups is 1. The number of amides is 1. The summed E-state index contributed by atoms with van der Waals surface area (Å²) in [5.41, 5.74) is 1.23. The topological polar surface area (TPSA) is 41.6 Å². The predicted octanol–water partition coefficient (Wildman–Crippen LogP) is 3.22. The first-order valence-corrected chi connectivity index (χ1v) is 8.84. The molecule has 0 spiro atoms. The second kappa shape index (κ2) is 7.24. The van der Waals surface area contributed by atoms with Gasteiger partial charge in [-0.15, -0.1) is 0 Å². The molecule has 1 aliphatic heterocycles. The summed E-state index contributed by atoms with van der Waals surface area (Å²) in [6.07, 6.45) is 5.37. The average Bonchev–Trinajstić information content (AvgIpc) is 3.40. The lowest BCUT2D eigenvalue weighted by Gasteiger charge is -2.34. The van der Waals surface area contributed by atoms with Crippen molar-refractivity contribution in [2.75, 3.05) is 25.1 Å². The molecule has 1 aromatic rings. The third-order valence-electron chi connectivity index (χ3n) is 5.23. The van der Waals surface area contributed by atoms with Gasteiger partial charge in [-0.05, 0) is 61.8 Å². The third kappa shape index (κ3) is 4.40. The van der Waals surface area contributed by atoms with Crippen molar-refractivity contribution in [3.05, 3.63) is 24.3 Å². The maximum Gasteiger partial charge on any atom is 0.220 e. The van der Waals surface area contributed by atoms with E-state index in [1.807, 2.05) is 12.1 Å². The van der Waals surface area contributed by atoms with E-state index in [2.05, 4.69) is 29.3 Å². The minimum atomic E-state index is 0.243. The molecule has 1 atom stereocenters. The molecule has 1 aromatic carbocycles. The lowest BCUT2D eigenvalue weighted by molar-refractivity contribution is -0.122. The van der Waals surface area contributed by atoms with Crippen molar-refractivity contribution in [2.45, 2.75) is 45.1 Å². The number of piperidine rings is 1. The Morgan fingerprint density at radius 2 is 1.87 bits per heavy atom. The molecule has 1 unspecified atom stereocenters. The molecule has 1 saturated heterocycles. The van der Waals surface area contributed by atoms with E-state index in [1.54, 1.807) is 7.11 Å². The summed E-state index contributed by atoms with van der Waals surface area (Å²) in [6, 6.07) is 8.55. The zero-order valence-electron chi connectivity index (χ0n) is 14.3. The first kappa shape index (κ1) is 16.2. The van der Waals surface area contributed by atoms with E-state index in [0.717, 1.165) is 37.6 Å². The van der Waals surface area contributed by atoms with Crippen LogP contribution in [0.4, 0.5) is 5.69 Å². The third-order valence-corrected chi connectivity index (χ3v) is 5.23. The summed E-state index contributed by atoms with van der Waals surface area (Å²) in [5.74, 6) is 2.49. The van der Waals surface area contributed by atoms with Gasteiger partial charge >= 0.3 is 0 Å². The number of nitrogens with one attached hydrogen (secondary N) is 1. The number of carbonyl (C=O) groups excluding carboxylic acids is 1. The molecule has 0 aromatic heterocycles. The van der Waals surface area contributed by atoms with Gasteiger partial charge in [0.2, 0.25) is 5.91 Å². The molecule has 126 valence electrons. The van der Waals surface area contributed by atoms with Crippen molar-refractivity contribution in [1.29, 1.82) is 0 Å². The Kier molecular flexibility index (Phi) is 5.09. The minimum Gasteiger partial charge on any atom is -0.497 e. The second-order valence-electron chi connectivity index (χ2n) is 7.05. The van der Waals surface area contributed by atoms with Gasteiger partial charge in [0.1, 0.15) is 5.75 Å². The summed E-state index contributed by atoms with van der Waals surface area (Å²) in [7, 11) is 1.69. The van der Waals surface area contributed by atoms with E-state index in [1.165, 1.54) is 18.5 Å². The van der Waals surface area contributed by atoms with Gasteiger partial charge in [0.05, 0.1) is 7.11 Å². The summed E-state index contributed by atoms with van der Waals surface area (Å²) in [4.78, 5) is 14.5. The van der Waals surface area contributed by atoms with Crippen molar-refractivity contribution in [3.8, 4) is 5.75 Å². The van der Waals surface area contributed by atoms with E-state index in [4.69, 9.17) is 4.74 Å². The lowest BCUT2D eigenvalue weighted by atomic mass is 10.00. The van der Waals surface area contributed by atoms with Crippen LogP contribution in [0.25, 0.3) is 0 Å². The van der Waals surface area contributed by atoms with Gasteiger partial charge in [0.25, 0.3) is 0 Å². The molecule has 0 radical (unpaired) electrons. The molecule has 0 bridgehead atoms. The molecule has 4 heteroatoms. The van der Waals surface area contributed by atoms with Gasteiger partial charge in [0.15, 0.2) is 0 Å². The quantitative estimate of drug-likeness (QED) is 0.876. The van der Waals surface area contributed by atoms with Crippen molar-refractivity contribution in [1.82, 2.24) is 5.32 Å².